The summed E-state index contributed by atoms with van der Waals surface area (Å²) in [5.41, 5.74) is -0.0488. The van der Waals surface area contributed by atoms with E-state index in [0.29, 0.717) is 23.1 Å². The molecule has 1 amide bonds. The van der Waals surface area contributed by atoms with Crippen molar-refractivity contribution in [2.75, 3.05) is 13.1 Å². The molecule has 4 aromatic rings. The van der Waals surface area contributed by atoms with Gasteiger partial charge in [-0.2, -0.15) is 13.2 Å². The summed E-state index contributed by atoms with van der Waals surface area (Å²) in [5, 5.41) is -0.231. The highest BCUT2D eigenvalue weighted by Gasteiger charge is 2.36. The molecule has 0 aliphatic carbocycles. The normalized spacial score (nSPS) is 14.5. The number of amides is 1. The van der Waals surface area contributed by atoms with Gasteiger partial charge in [0, 0.05) is 42.2 Å². The second-order valence-corrected chi connectivity index (χ2v) is 8.04. The lowest BCUT2D eigenvalue weighted by atomic mass is 10.00. The maximum Gasteiger partial charge on any atom is 0.420 e. The Labute approximate surface area is 195 Å². The third-order valence-corrected chi connectivity index (χ3v) is 6.00. The zero-order chi connectivity index (χ0) is 24.0. The third-order valence-electron chi connectivity index (χ3n) is 5.64. The van der Waals surface area contributed by atoms with Crippen LogP contribution in [0.4, 0.5) is 17.6 Å². The quantitative estimate of drug-likeness (QED) is 0.344. The largest absolute Gasteiger partial charge is 0.472 e. The monoisotopic (exact) mass is 490 g/mol. The van der Waals surface area contributed by atoms with Crippen LogP contribution < -0.4 is 0 Å². The van der Waals surface area contributed by atoms with Crippen LogP contribution in [0.25, 0.3) is 22.3 Å². The average Bonchev–Trinajstić information content (AvgIpc) is 3.47. The van der Waals surface area contributed by atoms with Gasteiger partial charge >= 0.3 is 6.18 Å². The number of imidazole rings is 1. The molecule has 174 valence electrons. The van der Waals surface area contributed by atoms with E-state index < -0.39 is 29.1 Å². The molecular weight excluding hydrogens is 476 g/mol. The van der Waals surface area contributed by atoms with E-state index in [4.69, 9.17) is 16.0 Å². The number of rotatable bonds is 3. The number of fused-ring (bicyclic) bond motifs is 1. The summed E-state index contributed by atoms with van der Waals surface area (Å²) in [6.45, 7) is 0.357. The molecule has 0 N–H and O–H groups in total. The first kappa shape index (κ1) is 22.1. The Morgan fingerprint density at radius 1 is 1.21 bits per heavy atom. The highest BCUT2D eigenvalue weighted by Crippen LogP contribution is 2.37. The molecule has 5 heterocycles. The van der Waals surface area contributed by atoms with Crippen LogP contribution in [0.2, 0.25) is 5.15 Å². The SMILES string of the molecule is O=C(c1nc2c(C(F)(F)F)cc(-c3ccoc3)cn2c1Cl)N1CC=C(c2ccncc2F)CC1. The summed E-state index contributed by atoms with van der Waals surface area (Å²) >= 11 is 6.36. The molecule has 0 spiro atoms. The van der Waals surface area contributed by atoms with E-state index in [1.807, 2.05) is 0 Å². The van der Waals surface area contributed by atoms with Crippen LogP contribution in [0, 0.1) is 5.82 Å². The van der Waals surface area contributed by atoms with Gasteiger partial charge in [0.25, 0.3) is 5.91 Å². The lowest BCUT2D eigenvalue weighted by molar-refractivity contribution is -0.136. The molecule has 0 aromatic carbocycles. The van der Waals surface area contributed by atoms with Crippen molar-refractivity contribution < 1.29 is 26.8 Å². The number of nitrogens with zero attached hydrogens (tertiary/aromatic N) is 4. The first-order valence-electron chi connectivity index (χ1n) is 10.1. The Kier molecular flexibility index (Phi) is 5.40. The van der Waals surface area contributed by atoms with Crippen LogP contribution in [0.15, 0.2) is 59.8 Å². The molecule has 1 aliphatic heterocycles. The number of furan rings is 1. The highest BCUT2D eigenvalue weighted by molar-refractivity contribution is 6.33. The first-order valence-corrected chi connectivity index (χ1v) is 10.5. The van der Waals surface area contributed by atoms with E-state index >= 15 is 0 Å². The van der Waals surface area contributed by atoms with Gasteiger partial charge in [0.05, 0.1) is 24.3 Å². The number of carbonyl (C=O) groups is 1. The lowest BCUT2D eigenvalue weighted by Crippen LogP contribution is -2.35. The lowest BCUT2D eigenvalue weighted by Gasteiger charge is -2.26. The summed E-state index contributed by atoms with van der Waals surface area (Å²) in [4.78, 5) is 22.2. The first-order chi connectivity index (χ1) is 16.2. The van der Waals surface area contributed by atoms with Crippen molar-refractivity contribution in [1.29, 1.82) is 0 Å². The molecule has 1 aliphatic rings. The van der Waals surface area contributed by atoms with Gasteiger partial charge in [0.1, 0.15) is 11.0 Å². The number of carbonyl (C=O) groups excluding carboxylic acids is 1. The standard InChI is InChI=1S/C23H15ClF4N4O2/c24-20-19(22(33)31-6-2-13(3-7-31)16-1-5-29-10-18(16)25)30-21-17(23(26,27)28)9-15(11-32(20)21)14-4-8-34-12-14/h1-2,4-5,8-12H,3,6-7H2. The predicted octanol–water partition coefficient (Wildman–Crippen LogP) is 5.73. The van der Waals surface area contributed by atoms with Crippen molar-refractivity contribution in [2.24, 2.45) is 0 Å². The number of aromatic nitrogens is 3. The molecule has 0 unspecified atom stereocenters. The highest BCUT2D eigenvalue weighted by atomic mass is 35.5. The minimum absolute atomic E-state index is 0.131. The maximum atomic E-state index is 14.0. The molecule has 34 heavy (non-hydrogen) atoms. The van der Waals surface area contributed by atoms with Crippen molar-refractivity contribution in [2.45, 2.75) is 12.6 Å². The Morgan fingerprint density at radius 3 is 2.68 bits per heavy atom. The van der Waals surface area contributed by atoms with Gasteiger partial charge < -0.3 is 9.32 Å². The van der Waals surface area contributed by atoms with Crippen LogP contribution in [-0.2, 0) is 6.18 Å². The van der Waals surface area contributed by atoms with Crippen molar-refractivity contribution in [3.05, 3.63) is 83.2 Å². The molecule has 11 heteroatoms. The zero-order valence-corrected chi connectivity index (χ0v) is 18.1. The summed E-state index contributed by atoms with van der Waals surface area (Å²) < 4.78 is 61.5. The molecule has 4 aromatic heterocycles. The van der Waals surface area contributed by atoms with Gasteiger partial charge in [-0.15, -0.1) is 0 Å². The fraction of sp³-hybridized carbons (Fsp3) is 0.174. The van der Waals surface area contributed by atoms with Gasteiger partial charge in [0.15, 0.2) is 11.3 Å². The molecule has 0 atom stereocenters. The molecule has 0 fully saturated rings. The second-order valence-electron chi connectivity index (χ2n) is 7.68. The second kappa shape index (κ2) is 8.28. The van der Waals surface area contributed by atoms with Crippen LogP contribution in [-0.4, -0.2) is 38.3 Å². The Hall–Kier alpha value is -3.66. The predicted molar refractivity (Wildman–Crippen MR) is 116 cm³/mol. The van der Waals surface area contributed by atoms with Crippen LogP contribution in [0.3, 0.4) is 0 Å². The van der Waals surface area contributed by atoms with Crippen LogP contribution >= 0.6 is 11.6 Å². The van der Waals surface area contributed by atoms with E-state index in [9.17, 15) is 22.4 Å². The number of hydrogen-bond donors (Lipinski definition) is 0. The van der Waals surface area contributed by atoms with E-state index in [1.54, 1.807) is 12.1 Å². The fourth-order valence-electron chi connectivity index (χ4n) is 3.93. The van der Waals surface area contributed by atoms with E-state index in [0.717, 1.165) is 16.7 Å². The number of halogens is 5. The number of pyridine rings is 2. The summed E-state index contributed by atoms with van der Waals surface area (Å²) in [5.74, 6) is -1.08. The maximum absolute atomic E-state index is 14.0. The summed E-state index contributed by atoms with van der Waals surface area (Å²) in [6.07, 6.45) is 3.94. The average molecular weight is 491 g/mol. The fourth-order valence-corrected chi connectivity index (χ4v) is 4.18. The molecule has 0 saturated heterocycles. The van der Waals surface area contributed by atoms with E-state index in [2.05, 4.69) is 9.97 Å². The van der Waals surface area contributed by atoms with Crippen LogP contribution in [0.5, 0.6) is 0 Å². The van der Waals surface area contributed by atoms with Crippen molar-refractivity contribution >= 4 is 28.7 Å². The molecule has 6 nitrogen and oxygen atoms in total. The topological polar surface area (TPSA) is 63.6 Å². The van der Waals surface area contributed by atoms with Gasteiger partial charge in [-0.1, -0.05) is 17.7 Å². The minimum Gasteiger partial charge on any atom is -0.472 e. The van der Waals surface area contributed by atoms with Crippen LogP contribution in [0.1, 0.15) is 28.0 Å². The Balaban J connectivity index is 1.51. The van der Waals surface area contributed by atoms with Gasteiger partial charge in [-0.05, 0) is 30.2 Å². The smallest absolute Gasteiger partial charge is 0.420 e. The van der Waals surface area contributed by atoms with Crippen molar-refractivity contribution in [3.63, 3.8) is 0 Å². The van der Waals surface area contributed by atoms with Gasteiger partial charge in [0.2, 0.25) is 0 Å². The summed E-state index contributed by atoms with van der Waals surface area (Å²) in [7, 11) is 0. The van der Waals surface area contributed by atoms with Crippen molar-refractivity contribution in [3.8, 4) is 11.1 Å². The Bertz CT molecular complexity index is 1430. The third kappa shape index (κ3) is 3.83. The molecule has 0 saturated carbocycles. The van der Waals surface area contributed by atoms with Gasteiger partial charge in [-0.3, -0.25) is 14.2 Å². The summed E-state index contributed by atoms with van der Waals surface area (Å²) in [6, 6.07) is 4.01. The Morgan fingerprint density at radius 2 is 2.03 bits per heavy atom. The number of hydrogen-bond acceptors (Lipinski definition) is 4. The minimum atomic E-state index is -4.73. The zero-order valence-electron chi connectivity index (χ0n) is 17.3. The molecule has 0 radical (unpaired) electrons. The molecule has 0 bridgehead atoms. The van der Waals surface area contributed by atoms with E-state index in [-0.39, 0.29) is 29.5 Å². The molecular formula is C23H15ClF4N4O2. The van der Waals surface area contributed by atoms with Gasteiger partial charge in [-0.25, -0.2) is 9.37 Å². The number of alkyl halides is 3. The molecule has 5 rings (SSSR count). The van der Waals surface area contributed by atoms with Crippen molar-refractivity contribution in [1.82, 2.24) is 19.3 Å². The van der Waals surface area contributed by atoms with E-state index in [1.165, 1.54) is 35.9 Å².